The van der Waals surface area contributed by atoms with E-state index < -0.39 is 5.41 Å². The Hall–Kier alpha value is -1.10. The van der Waals surface area contributed by atoms with Crippen LogP contribution in [0.15, 0.2) is 24.3 Å². The maximum Gasteiger partial charge on any atom is 0.234 e. The Morgan fingerprint density at radius 2 is 2.29 bits per heavy atom. The molecule has 0 aliphatic carbocycles. The van der Waals surface area contributed by atoms with Crippen LogP contribution in [0.5, 0.6) is 0 Å². The molecule has 2 atom stereocenters. The highest BCUT2D eigenvalue weighted by Crippen LogP contribution is 2.30. The molecule has 4 nitrogen and oxygen atoms in total. The number of nitrogens with two attached hydrogens (primary N) is 1. The number of hydrogen-bond donors (Lipinski definition) is 2. The van der Waals surface area contributed by atoms with Crippen LogP contribution in [-0.2, 0) is 9.53 Å². The number of amides is 1. The number of nitrogens with one attached hydrogen (secondary N) is 1. The predicted octanol–water partition coefficient (Wildman–Crippen LogP) is 1.64. The Kier molecular flexibility index (Phi) is 3.38. The van der Waals surface area contributed by atoms with Crippen molar-refractivity contribution in [1.29, 1.82) is 0 Å². The molecule has 1 aliphatic rings. The molecule has 1 heterocycles. The van der Waals surface area contributed by atoms with Gasteiger partial charge in [0.25, 0.3) is 0 Å². The van der Waals surface area contributed by atoms with E-state index in [0.29, 0.717) is 23.9 Å². The summed E-state index contributed by atoms with van der Waals surface area (Å²) >= 11 is 5.98. The van der Waals surface area contributed by atoms with Gasteiger partial charge in [0.05, 0.1) is 29.3 Å². The van der Waals surface area contributed by atoms with E-state index in [1.807, 2.05) is 12.1 Å². The number of ether oxygens (including phenoxy) is 1. The average molecular weight is 255 g/mol. The Balaban J connectivity index is 2.15. The van der Waals surface area contributed by atoms with Gasteiger partial charge in [-0.3, -0.25) is 4.79 Å². The van der Waals surface area contributed by atoms with Crippen molar-refractivity contribution in [2.24, 2.45) is 11.1 Å². The van der Waals surface area contributed by atoms with Crippen molar-refractivity contribution in [1.82, 2.24) is 0 Å². The van der Waals surface area contributed by atoms with Crippen LogP contribution in [0.25, 0.3) is 0 Å². The van der Waals surface area contributed by atoms with E-state index in [-0.39, 0.29) is 11.9 Å². The summed E-state index contributed by atoms with van der Waals surface area (Å²) in [7, 11) is 0. The van der Waals surface area contributed by atoms with Crippen molar-refractivity contribution < 1.29 is 9.53 Å². The van der Waals surface area contributed by atoms with Gasteiger partial charge >= 0.3 is 0 Å². The molecule has 2 unspecified atom stereocenters. The van der Waals surface area contributed by atoms with Gasteiger partial charge in [-0.25, -0.2) is 0 Å². The van der Waals surface area contributed by atoms with Gasteiger partial charge in [-0.05, 0) is 19.1 Å². The van der Waals surface area contributed by atoms with Crippen LogP contribution in [0.3, 0.4) is 0 Å². The smallest absolute Gasteiger partial charge is 0.234 e. The lowest BCUT2D eigenvalue weighted by Crippen LogP contribution is -2.47. The maximum atomic E-state index is 12.2. The van der Waals surface area contributed by atoms with Crippen LogP contribution in [0.1, 0.15) is 6.92 Å². The van der Waals surface area contributed by atoms with Crippen LogP contribution in [-0.4, -0.2) is 25.2 Å². The number of hydrogen-bond acceptors (Lipinski definition) is 3. The second-order valence-corrected chi connectivity index (χ2v) is 4.88. The van der Waals surface area contributed by atoms with E-state index in [4.69, 9.17) is 22.1 Å². The second kappa shape index (κ2) is 4.64. The second-order valence-electron chi connectivity index (χ2n) is 4.47. The van der Waals surface area contributed by atoms with E-state index in [1.54, 1.807) is 19.1 Å². The van der Waals surface area contributed by atoms with Gasteiger partial charge in [-0.2, -0.15) is 0 Å². The molecular formula is C12H15ClN2O2. The van der Waals surface area contributed by atoms with Crippen molar-refractivity contribution in [3.63, 3.8) is 0 Å². The molecular weight excluding hydrogens is 240 g/mol. The van der Waals surface area contributed by atoms with Crippen molar-refractivity contribution in [3.05, 3.63) is 29.3 Å². The highest BCUT2D eigenvalue weighted by Gasteiger charge is 2.44. The summed E-state index contributed by atoms with van der Waals surface area (Å²) in [5.74, 6) is -0.157. The lowest BCUT2D eigenvalue weighted by atomic mass is 9.85. The first-order valence-electron chi connectivity index (χ1n) is 5.43. The Morgan fingerprint density at radius 3 is 2.88 bits per heavy atom. The van der Waals surface area contributed by atoms with Gasteiger partial charge < -0.3 is 15.8 Å². The number of carbonyl (C=O) groups excluding carboxylic acids is 1. The third-order valence-corrected chi connectivity index (χ3v) is 3.49. The van der Waals surface area contributed by atoms with E-state index in [2.05, 4.69) is 5.32 Å². The lowest BCUT2D eigenvalue weighted by molar-refractivity contribution is -0.125. The van der Waals surface area contributed by atoms with Crippen LogP contribution in [0, 0.1) is 5.41 Å². The molecule has 1 aromatic rings. The van der Waals surface area contributed by atoms with Gasteiger partial charge in [0.15, 0.2) is 0 Å². The summed E-state index contributed by atoms with van der Waals surface area (Å²) in [4.78, 5) is 12.2. The SMILES string of the molecule is CC1(C(=O)Nc2ccccc2Cl)COCC1N. The topological polar surface area (TPSA) is 64.3 Å². The summed E-state index contributed by atoms with van der Waals surface area (Å²) in [5, 5.41) is 3.30. The molecule has 1 aromatic carbocycles. The summed E-state index contributed by atoms with van der Waals surface area (Å²) in [6.45, 7) is 2.55. The molecule has 1 aliphatic heterocycles. The molecule has 0 radical (unpaired) electrons. The number of benzene rings is 1. The highest BCUT2D eigenvalue weighted by molar-refractivity contribution is 6.33. The number of anilines is 1. The standard InChI is InChI=1S/C12H15ClN2O2/c1-12(7-17-6-10(12)14)11(16)15-9-5-3-2-4-8(9)13/h2-5,10H,6-7,14H2,1H3,(H,15,16). The monoisotopic (exact) mass is 254 g/mol. The largest absolute Gasteiger partial charge is 0.379 e. The molecule has 0 aromatic heterocycles. The van der Waals surface area contributed by atoms with Gasteiger partial charge in [-0.1, -0.05) is 23.7 Å². The van der Waals surface area contributed by atoms with Crippen LogP contribution in [0.4, 0.5) is 5.69 Å². The van der Waals surface area contributed by atoms with E-state index in [1.165, 1.54) is 0 Å². The summed E-state index contributed by atoms with van der Waals surface area (Å²) in [5.41, 5.74) is 5.79. The number of rotatable bonds is 2. The quantitative estimate of drug-likeness (QED) is 0.843. The fraction of sp³-hybridized carbons (Fsp3) is 0.417. The fourth-order valence-electron chi connectivity index (χ4n) is 1.75. The van der Waals surface area contributed by atoms with E-state index in [9.17, 15) is 4.79 Å². The predicted molar refractivity (Wildman–Crippen MR) is 67.0 cm³/mol. The molecule has 5 heteroatoms. The zero-order valence-electron chi connectivity index (χ0n) is 9.57. The normalized spacial score (nSPS) is 28.1. The lowest BCUT2D eigenvalue weighted by Gasteiger charge is -2.25. The van der Waals surface area contributed by atoms with Gasteiger partial charge in [0.1, 0.15) is 0 Å². The Labute approximate surface area is 105 Å². The molecule has 92 valence electrons. The van der Waals surface area contributed by atoms with Gasteiger partial charge in [0.2, 0.25) is 5.91 Å². The van der Waals surface area contributed by atoms with Crippen LogP contribution in [0.2, 0.25) is 5.02 Å². The minimum atomic E-state index is -0.695. The van der Waals surface area contributed by atoms with Gasteiger partial charge in [0, 0.05) is 6.04 Å². The van der Waals surface area contributed by atoms with Crippen molar-refractivity contribution in [2.45, 2.75) is 13.0 Å². The summed E-state index contributed by atoms with van der Waals surface area (Å²) < 4.78 is 5.24. The molecule has 2 rings (SSSR count). The van der Waals surface area contributed by atoms with Crippen LogP contribution >= 0.6 is 11.6 Å². The maximum absolute atomic E-state index is 12.2. The molecule has 3 N–H and O–H groups in total. The Bertz CT molecular complexity index is 438. The molecule has 1 amide bonds. The minimum Gasteiger partial charge on any atom is -0.379 e. The highest BCUT2D eigenvalue weighted by atomic mass is 35.5. The van der Waals surface area contributed by atoms with E-state index >= 15 is 0 Å². The third kappa shape index (κ3) is 2.29. The Morgan fingerprint density at radius 1 is 1.59 bits per heavy atom. The molecule has 0 saturated carbocycles. The first kappa shape index (κ1) is 12.4. The summed E-state index contributed by atoms with van der Waals surface area (Å²) in [6.07, 6.45) is 0. The number of carbonyl (C=O) groups is 1. The molecule has 0 spiro atoms. The van der Waals surface area contributed by atoms with Gasteiger partial charge in [-0.15, -0.1) is 0 Å². The fourth-order valence-corrected chi connectivity index (χ4v) is 1.93. The third-order valence-electron chi connectivity index (χ3n) is 3.16. The zero-order chi connectivity index (χ0) is 12.5. The molecule has 17 heavy (non-hydrogen) atoms. The molecule has 1 fully saturated rings. The first-order chi connectivity index (χ1) is 8.04. The van der Waals surface area contributed by atoms with Crippen molar-refractivity contribution >= 4 is 23.2 Å². The minimum absolute atomic E-state index is 0.157. The van der Waals surface area contributed by atoms with Crippen LogP contribution < -0.4 is 11.1 Å². The number of para-hydroxylation sites is 1. The molecule has 1 saturated heterocycles. The van der Waals surface area contributed by atoms with Crippen molar-refractivity contribution in [3.8, 4) is 0 Å². The number of halogens is 1. The zero-order valence-corrected chi connectivity index (χ0v) is 10.3. The van der Waals surface area contributed by atoms with Crippen molar-refractivity contribution in [2.75, 3.05) is 18.5 Å². The summed E-state index contributed by atoms with van der Waals surface area (Å²) in [6, 6.07) is 6.82. The first-order valence-corrected chi connectivity index (χ1v) is 5.81. The van der Waals surface area contributed by atoms with E-state index in [0.717, 1.165) is 0 Å². The average Bonchev–Trinajstić information content (AvgIpc) is 2.64. The molecule has 0 bridgehead atoms.